The average molecular weight is 262 g/mol. The van der Waals surface area contributed by atoms with Gasteiger partial charge in [-0.2, -0.15) is 0 Å². The SMILES string of the molecule is COC(C)CS(=O)(=O)N1CCC2(CCNC2)C1. The molecule has 17 heavy (non-hydrogen) atoms. The first-order valence-corrected chi connectivity index (χ1v) is 7.80. The van der Waals surface area contributed by atoms with Gasteiger partial charge >= 0.3 is 0 Å². The molecule has 0 aromatic heterocycles. The predicted octanol–water partition coefficient (Wildman–Crippen LogP) is 0.0365. The molecule has 1 N–H and O–H groups in total. The number of hydrogen-bond acceptors (Lipinski definition) is 4. The van der Waals surface area contributed by atoms with Gasteiger partial charge in [0.05, 0.1) is 11.9 Å². The Kier molecular flexibility index (Phi) is 3.77. The van der Waals surface area contributed by atoms with E-state index in [0.29, 0.717) is 13.1 Å². The molecule has 0 bridgehead atoms. The lowest BCUT2D eigenvalue weighted by Crippen LogP contribution is -2.37. The fourth-order valence-electron chi connectivity index (χ4n) is 2.75. The summed E-state index contributed by atoms with van der Waals surface area (Å²) < 4.78 is 31.0. The molecule has 100 valence electrons. The van der Waals surface area contributed by atoms with Crippen LogP contribution in [0.5, 0.6) is 0 Å². The number of sulfonamides is 1. The summed E-state index contributed by atoms with van der Waals surface area (Å²) in [4.78, 5) is 0. The monoisotopic (exact) mass is 262 g/mol. The van der Waals surface area contributed by atoms with Crippen molar-refractivity contribution < 1.29 is 13.2 Å². The van der Waals surface area contributed by atoms with E-state index in [1.807, 2.05) is 0 Å². The zero-order chi connectivity index (χ0) is 12.5. The molecule has 0 saturated carbocycles. The summed E-state index contributed by atoms with van der Waals surface area (Å²) >= 11 is 0. The molecular formula is C11H22N2O3S. The molecule has 0 aromatic carbocycles. The van der Waals surface area contributed by atoms with Crippen LogP contribution in [0.3, 0.4) is 0 Å². The van der Waals surface area contributed by atoms with Crippen LogP contribution in [0, 0.1) is 5.41 Å². The first-order valence-electron chi connectivity index (χ1n) is 6.19. The van der Waals surface area contributed by atoms with Gasteiger partial charge in [0.2, 0.25) is 10.0 Å². The Labute approximate surface area is 104 Å². The molecule has 6 heteroatoms. The third kappa shape index (κ3) is 2.81. The molecule has 5 nitrogen and oxygen atoms in total. The Bertz CT molecular complexity index is 363. The molecule has 2 aliphatic heterocycles. The van der Waals surface area contributed by atoms with Gasteiger partial charge in [-0.3, -0.25) is 0 Å². The van der Waals surface area contributed by atoms with Crippen molar-refractivity contribution in [1.82, 2.24) is 9.62 Å². The quantitative estimate of drug-likeness (QED) is 0.777. The summed E-state index contributed by atoms with van der Waals surface area (Å²) in [6.07, 6.45) is 1.85. The van der Waals surface area contributed by atoms with Crippen LogP contribution >= 0.6 is 0 Å². The number of hydrogen-bond donors (Lipinski definition) is 1. The predicted molar refractivity (Wildman–Crippen MR) is 66.4 cm³/mol. The lowest BCUT2D eigenvalue weighted by molar-refractivity contribution is 0.135. The van der Waals surface area contributed by atoms with Crippen LogP contribution in [0.4, 0.5) is 0 Å². The molecule has 2 saturated heterocycles. The first kappa shape index (κ1) is 13.3. The Hall–Kier alpha value is -0.170. The highest BCUT2D eigenvalue weighted by molar-refractivity contribution is 7.89. The molecule has 2 fully saturated rings. The lowest BCUT2D eigenvalue weighted by atomic mass is 9.87. The molecule has 0 aromatic rings. The second-order valence-electron chi connectivity index (χ2n) is 5.34. The van der Waals surface area contributed by atoms with Crippen LogP contribution < -0.4 is 5.32 Å². The third-order valence-corrected chi connectivity index (χ3v) is 5.97. The van der Waals surface area contributed by atoms with Crippen molar-refractivity contribution in [2.24, 2.45) is 5.41 Å². The molecule has 2 unspecified atom stereocenters. The lowest BCUT2D eigenvalue weighted by Gasteiger charge is -2.23. The van der Waals surface area contributed by atoms with Crippen LogP contribution in [0.1, 0.15) is 19.8 Å². The zero-order valence-corrected chi connectivity index (χ0v) is 11.4. The molecule has 0 radical (unpaired) electrons. The zero-order valence-electron chi connectivity index (χ0n) is 10.6. The van der Waals surface area contributed by atoms with Crippen LogP contribution in [0.25, 0.3) is 0 Å². The maximum absolute atomic E-state index is 12.2. The molecule has 2 heterocycles. The fourth-order valence-corrected chi connectivity index (χ4v) is 4.53. The normalized spacial score (nSPS) is 32.4. The molecule has 2 aliphatic rings. The van der Waals surface area contributed by atoms with E-state index < -0.39 is 10.0 Å². The van der Waals surface area contributed by atoms with Crippen molar-refractivity contribution in [3.8, 4) is 0 Å². The molecular weight excluding hydrogens is 240 g/mol. The van der Waals surface area contributed by atoms with Crippen molar-refractivity contribution in [2.75, 3.05) is 39.0 Å². The van der Waals surface area contributed by atoms with Crippen LogP contribution in [-0.2, 0) is 14.8 Å². The van der Waals surface area contributed by atoms with Gasteiger partial charge in [0, 0.05) is 26.7 Å². The highest BCUT2D eigenvalue weighted by Crippen LogP contribution is 2.37. The van der Waals surface area contributed by atoms with E-state index in [2.05, 4.69) is 5.32 Å². The number of ether oxygens (including phenoxy) is 1. The van der Waals surface area contributed by atoms with Gasteiger partial charge in [0.1, 0.15) is 0 Å². The van der Waals surface area contributed by atoms with E-state index in [4.69, 9.17) is 4.74 Å². The summed E-state index contributed by atoms with van der Waals surface area (Å²) in [5.74, 6) is 0.0903. The minimum Gasteiger partial charge on any atom is -0.381 e. The van der Waals surface area contributed by atoms with E-state index in [-0.39, 0.29) is 17.3 Å². The average Bonchev–Trinajstić information content (AvgIpc) is 2.89. The van der Waals surface area contributed by atoms with Gasteiger partial charge in [-0.25, -0.2) is 12.7 Å². The van der Waals surface area contributed by atoms with Crippen molar-refractivity contribution in [3.05, 3.63) is 0 Å². The van der Waals surface area contributed by atoms with Crippen molar-refractivity contribution >= 4 is 10.0 Å². The van der Waals surface area contributed by atoms with Crippen molar-refractivity contribution in [2.45, 2.75) is 25.9 Å². The summed E-state index contributed by atoms with van der Waals surface area (Å²) in [5.41, 5.74) is 0.198. The Balaban J connectivity index is 1.99. The van der Waals surface area contributed by atoms with E-state index in [9.17, 15) is 8.42 Å². The van der Waals surface area contributed by atoms with E-state index in [0.717, 1.165) is 25.9 Å². The van der Waals surface area contributed by atoms with Gasteiger partial charge in [-0.15, -0.1) is 0 Å². The maximum atomic E-state index is 12.2. The second-order valence-corrected chi connectivity index (χ2v) is 7.35. The molecule has 1 spiro atoms. The van der Waals surface area contributed by atoms with Crippen LogP contribution in [0.2, 0.25) is 0 Å². The van der Waals surface area contributed by atoms with Crippen LogP contribution in [-0.4, -0.2) is 57.9 Å². The molecule has 2 rings (SSSR count). The highest BCUT2D eigenvalue weighted by Gasteiger charge is 2.44. The van der Waals surface area contributed by atoms with E-state index in [1.54, 1.807) is 18.3 Å². The van der Waals surface area contributed by atoms with Crippen molar-refractivity contribution in [1.29, 1.82) is 0 Å². The number of nitrogens with one attached hydrogen (secondary N) is 1. The van der Waals surface area contributed by atoms with Gasteiger partial charge < -0.3 is 10.1 Å². The standard InChI is InChI=1S/C11H22N2O3S/c1-10(16-2)7-17(14,15)13-6-4-11(9-13)3-5-12-8-11/h10,12H,3-9H2,1-2H3. The minimum absolute atomic E-state index is 0.0903. The summed E-state index contributed by atoms with van der Waals surface area (Å²) in [6.45, 7) is 5.11. The fraction of sp³-hybridized carbons (Fsp3) is 1.00. The maximum Gasteiger partial charge on any atom is 0.216 e. The number of nitrogens with zero attached hydrogens (tertiary/aromatic N) is 1. The summed E-state index contributed by atoms with van der Waals surface area (Å²) in [6, 6.07) is 0. The van der Waals surface area contributed by atoms with Gasteiger partial charge in [-0.05, 0) is 31.7 Å². The molecule has 0 aliphatic carbocycles. The van der Waals surface area contributed by atoms with Crippen LogP contribution in [0.15, 0.2) is 0 Å². The first-order chi connectivity index (χ1) is 7.97. The number of rotatable bonds is 4. The van der Waals surface area contributed by atoms with Gasteiger partial charge in [0.15, 0.2) is 0 Å². The Morgan fingerprint density at radius 1 is 1.47 bits per heavy atom. The Morgan fingerprint density at radius 2 is 2.24 bits per heavy atom. The van der Waals surface area contributed by atoms with Crippen molar-refractivity contribution in [3.63, 3.8) is 0 Å². The minimum atomic E-state index is -3.15. The highest BCUT2D eigenvalue weighted by atomic mass is 32.2. The third-order valence-electron chi connectivity index (χ3n) is 3.98. The second kappa shape index (κ2) is 4.84. The number of methoxy groups -OCH3 is 1. The molecule has 0 amide bonds. The van der Waals surface area contributed by atoms with Gasteiger partial charge in [0.25, 0.3) is 0 Å². The smallest absolute Gasteiger partial charge is 0.216 e. The largest absolute Gasteiger partial charge is 0.381 e. The van der Waals surface area contributed by atoms with E-state index in [1.165, 1.54) is 0 Å². The summed E-state index contributed by atoms with van der Waals surface area (Å²) in [5, 5.41) is 3.33. The van der Waals surface area contributed by atoms with E-state index >= 15 is 0 Å². The molecule has 2 atom stereocenters. The summed E-state index contributed by atoms with van der Waals surface area (Å²) in [7, 11) is -1.61. The topological polar surface area (TPSA) is 58.6 Å². The van der Waals surface area contributed by atoms with Gasteiger partial charge in [-0.1, -0.05) is 0 Å². The Morgan fingerprint density at radius 3 is 2.82 bits per heavy atom.